The number of nitrogens with zero attached hydrogens (tertiary/aromatic N) is 3. The van der Waals surface area contributed by atoms with E-state index in [1.807, 2.05) is 0 Å². The molecule has 2 N–H and O–H groups in total. The average molecular weight is 487 g/mol. The number of rotatable bonds is 4. The molecule has 5 atom stereocenters. The molecule has 1 amide bonds. The van der Waals surface area contributed by atoms with Crippen LogP contribution in [-0.2, 0) is 15.7 Å². The molecule has 1 saturated heterocycles. The van der Waals surface area contributed by atoms with Crippen LogP contribution in [0.3, 0.4) is 0 Å². The van der Waals surface area contributed by atoms with Gasteiger partial charge in [0, 0.05) is 36.3 Å². The van der Waals surface area contributed by atoms with Crippen LogP contribution in [0, 0.1) is 17.3 Å². The predicted molar refractivity (Wildman–Crippen MR) is 127 cm³/mol. The van der Waals surface area contributed by atoms with Crippen molar-refractivity contribution in [1.82, 2.24) is 15.0 Å². The summed E-state index contributed by atoms with van der Waals surface area (Å²) in [5.74, 6) is 3.61. The van der Waals surface area contributed by atoms with E-state index in [0.29, 0.717) is 29.7 Å². The van der Waals surface area contributed by atoms with Crippen molar-refractivity contribution in [3.05, 3.63) is 47.6 Å². The van der Waals surface area contributed by atoms with E-state index in [0.717, 1.165) is 31.1 Å². The summed E-state index contributed by atoms with van der Waals surface area (Å²) >= 11 is 0. The van der Waals surface area contributed by atoms with Gasteiger partial charge in [-0.2, -0.15) is 4.98 Å². The number of fused-ring (bicyclic) bond motifs is 1. The lowest BCUT2D eigenvalue weighted by molar-refractivity contribution is -0.133. The molecule has 6 rings (SSSR count). The number of hydrogen-bond donors (Lipinski definition) is 2. The summed E-state index contributed by atoms with van der Waals surface area (Å²) in [6.07, 6.45) is 6.84. The Morgan fingerprint density at radius 1 is 1.09 bits per heavy atom. The van der Waals surface area contributed by atoms with Gasteiger partial charge in [0.25, 0.3) is 0 Å². The number of carbonyl (C=O) groups excluding carboxylic acids is 1. The van der Waals surface area contributed by atoms with Gasteiger partial charge in [-0.05, 0) is 42.6 Å². The molecule has 8 nitrogen and oxygen atoms in total. The van der Waals surface area contributed by atoms with E-state index in [4.69, 9.17) is 17.9 Å². The quantitative estimate of drug-likeness (QED) is 0.640. The maximum Gasteiger partial charge on any atom is 0.229 e. The number of thiol groups is 1. The Morgan fingerprint density at radius 3 is 2.41 bits per heavy atom. The minimum Gasteiger partial charge on any atom is -0.339 e. The zero-order chi connectivity index (χ0) is 24.0. The van der Waals surface area contributed by atoms with Crippen LogP contribution in [0.4, 0.5) is 0 Å². The topological polar surface area (TPSA) is 119 Å². The number of benzene rings is 1. The molecule has 0 spiro atoms. The predicted octanol–water partition coefficient (Wildman–Crippen LogP) is 3.34. The first-order valence-corrected chi connectivity index (χ1v) is 13.6. The molecular formula is C25H34N4O4S. The fraction of sp³-hybridized carbons (Fsp3) is 0.640. The Kier molecular flexibility index (Phi) is 6.27. The summed E-state index contributed by atoms with van der Waals surface area (Å²) in [7, 11) is -2.62. The zero-order valence-electron chi connectivity index (χ0n) is 19.8. The third kappa shape index (κ3) is 4.28. The first kappa shape index (κ1) is 23.5. The number of nitrogens with two attached hydrogens (primary N) is 1. The van der Waals surface area contributed by atoms with Crippen molar-refractivity contribution in [2.24, 2.45) is 22.4 Å². The minimum absolute atomic E-state index is 0.145. The molecule has 0 bridgehead atoms. The Balaban J connectivity index is 0.000000560. The lowest BCUT2D eigenvalue weighted by Crippen LogP contribution is -2.36. The largest absolute Gasteiger partial charge is 0.339 e. The molecule has 2 aromatic rings. The average Bonchev–Trinajstić information content (AvgIpc) is 3.42. The summed E-state index contributed by atoms with van der Waals surface area (Å²) < 4.78 is 23.4. The van der Waals surface area contributed by atoms with Gasteiger partial charge in [-0.1, -0.05) is 62.2 Å². The normalized spacial score (nSPS) is 32.1. The zero-order valence-corrected chi connectivity index (χ0v) is 20.7. The molecule has 3 aliphatic carbocycles. The van der Waals surface area contributed by atoms with Crippen molar-refractivity contribution in [3.63, 3.8) is 0 Å². The Hall–Kier alpha value is -2.26. The van der Waals surface area contributed by atoms with Gasteiger partial charge in [-0.25, -0.2) is 13.6 Å². The molecule has 1 aromatic heterocycles. The van der Waals surface area contributed by atoms with Gasteiger partial charge in [-0.3, -0.25) is 4.79 Å². The summed E-state index contributed by atoms with van der Waals surface area (Å²) in [6, 6.07) is 11.2. The van der Waals surface area contributed by atoms with E-state index in [2.05, 4.69) is 59.4 Å². The highest BCUT2D eigenvalue weighted by Crippen LogP contribution is 2.69. The molecule has 2 heterocycles. The van der Waals surface area contributed by atoms with Crippen LogP contribution in [0.15, 0.2) is 34.9 Å². The molecule has 34 heavy (non-hydrogen) atoms. The van der Waals surface area contributed by atoms with Gasteiger partial charge in [0.15, 0.2) is 16.7 Å². The van der Waals surface area contributed by atoms with Crippen molar-refractivity contribution < 1.29 is 17.7 Å². The lowest BCUT2D eigenvalue weighted by Gasteiger charge is -2.25. The molecule has 4 fully saturated rings. The van der Waals surface area contributed by atoms with Crippen molar-refractivity contribution in [2.75, 3.05) is 6.54 Å². The molecule has 3 unspecified atom stereocenters. The van der Waals surface area contributed by atoms with E-state index >= 15 is 0 Å². The molecule has 1 aliphatic heterocycles. The summed E-state index contributed by atoms with van der Waals surface area (Å²) in [5.41, 5.74) is 1.50. The first-order valence-electron chi connectivity index (χ1n) is 12.4. The maximum absolute atomic E-state index is 13.0. The second kappa shape index (κ2) is 9.07. The number of hydrogen-bond acceptors (Lipinski definition) is 6. The van der Waals surface area contributed by atoms with Crippen molar-refractivity contribution >= 4 is 16.8 Å². The highest BCUT2D eigenvalue weighted by atomic mass is 32.2. The van der Waals surface area contributed by atoms with Crippen LogP contribution >= 0.6 is 0 Å². The Labute approximate surface area is 202 Å². The summed E-state index contributed by atoms with van der Waals surface area (Å²) in [6.45, 7) is 5.53. The van der Waals surface area contributed by atoms with Gasteiger partial charge in [-0.15, -0.1) is 0 Å². The van der Waals surface area contributed by atoms with E-state index in [-0.39, 0.29) is 17.3 Å². The van der Waals surface area contributed by atoms with Crippen LogP contribution in [0.1, 0.15) is 87.4 Å². The van der Waals surface area contributed by atoms with E-state index in [9.17, 15) is 4.79 Å². The van der Waals surface area contributed by atoms with Crippen LogP contribution in [0.2, 0.25) is 0 Å². The monoisotopic (exact) mass is 486 g/mol. The van der Waals surface area contributed by atoms with Crippen LogP contribution in [0.25, 0.3) is 0 Å². The van der Waals surface area contributed by atoms with Gasteiger partial charge >= 0.3 is 0 Å². The number of aromatic nitrogens is 2. The first-order chi connectivity index (χ1) is 16.3. The highest BCUT2D eigenvalue weighted by molar-refractivity contribution is 7.69. The molecule has 4 aliphatic rings. The van der Waals surface area contributed by atoms with E-state index in [1.54, 1.807) is 0 Å². The summed E-state index contributed by atoms with van der Waals surface area (Å²) in [5, 5.41) is 8.47. The fourth-order valence-corrected chi connectivity index (χ4v) is 6.87. The molecule has 0 radical (unpaired) electrons. The van der Waals surface area contributed by atoms with E-state index < -0.39 is 10.9 Å². The third-order valence-corrected chi connectivity index (χ3v) is 8.56. The summed E-state index contributed by atoms with van der Waals surface area (Å²) in [4.78, 5) is 20.1. The Bertz CT molecular complexity index is 1100. The SMILES string of the molecule is CC1(C)[C@@H](c2ccccc2)[C@@H]1c1noc(C2CC3CN(C4CCCC4)C(=O)C3C2)n1.N[SH](=O)=O. The number of likely N-dealkylation sites (tertiary alicyclic amines) is 1. The smallest absolute Gasteiger partial charge is 0.229 e. The number of amides is 1. The van der Waals surface area contributed by atoms with Crippen LogP contribution < -0.4 is 5.14 Å². The molecule has 1 aromatic carbocycles. The number of carbonyl (C=O) groups is 1. The van der Waals surface area contributed by atoms with Gasteiger partial charge in [0.1, 0.15) is 0 Å². The second-order valence-electron chi connectivity index (χ2n) is 10.9. The van der Waals surface area contributed by atoms with Gasteiger partial charge < -0.3 is 9.42 Å². The molecule has 3 saturated carbocycles. The van der Waals surface area contributed by atoms with Crippen LogP contribution in [-0.4, -0.2) is 42.0 Å². The van der Waals surface area contributed by atoms with Crippen molar-refractivity contribution in [3.8, 4) is 0 Å². The highest BCUT2D eigenvalue weighted by Gasteiger charge is 2.61. The third-order valence-electron chi connectivity index (χ3n) is 8.56. The van der Waals surface area contributed by atoms with Crippen molar-refractivity contribution in [1.29, 1.82) is 0 Å². The van der Waals surface area contributed by atoms with Gasteiger partial charge in [0.2, 0.25) is 11.8 Å². The Morgan fingerprint density at radius 2 is 1.76 bits per heavy atom. The minimum atomic E-state index is -2.62. The van der Waals surface area contributed by atoms with Crippen LogP contribution in [0.5, 0.6) is 0 Å². The van der Waals surface area contributed by atoms with E-state index in [1.165, 1.54) is 31.2 Å². The maximum atomic E-state index is 13.0. The lowest BCUT2D eigenvalue weighted by atomic mass is 10.0. The second-order valence-corrected chi connectivity index (χ2v) is 11.5. The standard InChI is InChI=1S/C25H31N3O2.H3NO2S/c1-25(2)20(15-8-4-3-5-9-15)21(25)22-26-23(30-27-22)16-12-17-14-28(18-10-6-7-11-18)24(29)19(17)13-16;1-4(2)3/h3-5,8-9,16-21H,6-7,10-14H2,1-2H3;4H,(H2,1,2,3)/t16?,17?,19?,20-,21+;/m0./s1. The molecular weight excluding hydrogens is 452 g/mol. The van der Waals surface area contributed by atoms with Gasteiger partial charge in [0.05, 0.1) is 0 Å². The van der Waals surface area contributed by atoms with Crippen molar-refractivity contribution in [2.45, 2.75) is 76.2 Å². The molecule has 184 valence electrons. The molecule has 9 heteroatoms. The fourth-order valence-electron chi connectivity index (χ4n) is 6.87.